The second kappa shape index (κ2) is 7.35. The summed E-state index contributed by atoms with van der Waals surface area (Å²) < 4.78 is 24.6. The molecular weight excluding hydrogens is 380 g/mol. The number of nitrogens with one attached hydrogen (secondary N) is 1. The first-order valence-corrected chi connectivity index (χ1v) is 10.1. The molecular formula is C17H13ClN2O3S2. The molecule has 5 nitrogen and oxygen atoms in total. The molecule has 0 spiro atoms. The van der Waals surface area contributed by atoms with E-state index in [-0.39, 0.29) is 4.90 Å². The molecule has 0 bridgehead atoms. The summed E-state index contributed by atoms with van der Waals surface area (Å²) in [6.45, 7) is 0. The van der Waals surface area contributed by atoms with Crippen molar-refractivity contribution in [3.63, 3.8) is 0 Å². The summed E-state index contributed by atoms with van der Waals surface area (Å²) in [6, 6.07) is 12.8. The van der Waals surface area contributed by atoms with Gasteiger partial charge in [0, 0.05) is 27.9 Å². The average Bonchev–Trinajstić information content (AvgIpc) is 3.09. The molecule has 1 amide bonds. The van der Waals surface area contributed by atoms with Gasteiger partial charge in [-0.15, -0.1) is 11.3 Å². The van der Waals surface area contributed by atoms with Crippen LogP contribution in [0.25, 0.3) is 10.6 Å². The zero-order valence-corrected chi connectivity index (χ0v) is 15.2. The maximum Gasteiger partial charge on any atom is 0.239 e. The van der Waals surface area contributed by atoms with Crippen LogP contribution < -0.4 is 5.32 Å². The number of nitrogens with zero attached hydrogens (tertiary/aromatic N) is 1. The zero-order valence-electron chi connectivity index (χ0n) is 12.8. The van der Waals surface area contributed by atoms with E-state index in [1.165, 1.54) is 35.6 Å². The molecule has 0 fully saturated rings. The SMILES string of the molecule is O=C(CS(=O)(=O)c1ccc(Cl)cc1)Nc1cccc(-c2nccs2)c1. The quantitative estimate of drug-likeness (QED) is 0.714. The van der Waals surface area contributed by atoms with E-state index in [2.05, 4.69) is 10.3 Å². The van der Waals surface area contributed by atoms with Crippen molar-refractivity contribution >= 4 is 44.4 Å². The standard InChI is InChI=1S/C17H13ClN2O3S2/c18-13-4-6-15(7-5-13)25(22,23)11-16(21)20-14-3-1-2-12(10-14)17-19-8-9-24-17/h1-10H,11H2,(H,20,21). The molecule has 0 aliphatic heterocycles. The molecule has 0 atom stereocenters. The van der Waals surface area contributed by atoms with E-state index in [9.17, 15) is 13.2 Å². The Hall–Kier alpha value is -2.22. The maximum atomic E-state index is 12.3. The molecule has 25 heavy (non-hydrogen) atoms. The number of carbonyl (C=O) groups excluding carboxylic acids is 1. The van der Waals surface area contributed by atoms with Gasteiger partial charge in [0.15, 0.2) is 9.84 Å². The first-order chi connectivity index (χ1) is 11.9. The van der Waals surface area contributed by atoms with Gasteiger partial charge in [0.05, 0.1) is 4.90 Å². The molecule has 0 saturated carbocycles. The van der Waals surface area contributed by atoms with E-state index in [0.29, 0.717) is 10.7 Å². The summed E-state index contributed by atoms with van der Waals surface area (Å²) in [6.07, 6.45) is 1.70. The van der Waals surface area contributed by atoms with Crippen LogP contribution in [-0.4, -0.2) is 25.1 Å². The van der Waals surface area contributed by atoms with Crippen LogP contribution >= 0.6 is 22.9 Å². The predicted octanol–water partition coefficient (Wildman–Crippen LogP) is 3.88. The van der Waals surface area contributed by atoms with E-state index in [0.717, 1.165) is 10.6 Å². The van der Waals surface area contributed by atoms with Crippen molar-refractivity contribution in [1.82, 2.24) is 4.98 Å². The van der Waals surface area contributed by atoms with Crippen molar-refractivity contribution in [2.45, 2.75) is 4.90 Å². The van der Waals surface area contributed by atoms with Crippen LogP contribution in [0.5, 0.6) is 0 Å². The van der Waals surface area contributed by atoms with Gasteiger partial charge in [0.2, 0.25) is 5.91 Å². The molecule has 0 unspecified atom stereocenters. The number of carbonyl (C=O) groups is 1. The summed E-state index contributed by atoms with van der Waals surface area (Å²) in [5.74, 6) is -1.25. The van der Waals surface area contributed by atoms with Gasteiger partial charge in [-0.05, 0) is 36.4 Å². The Labute approximate surface area is 154 Å². The Bertz CT molecular complexity index is 985. The molecule has 1 N–H and O–H groups in total. The third kappa shape index (κ3) is 4.45. The van der Waals surface area contributed by atoms with E-state index in [1.54, 1.807) is 24.4 Å². The molecule has 0 aliphatic carbocycles. The first kappa shape index (κ1) is 17.6. The largest absolute Gasteiger partial charge is 0.325 e. The highest BCUT2D eigenvalue weighted by Crippen LogP contribution is 2.24. The van der Waals surface area contributed by atoms with E-state index in [4.69, 9.17) is 11.6 Å². The minimum atomic E-state index is -3.73. The van der Waals surface area contributed by atoms with E-state index in [1.807, 2.05) is 11.4 Å². The molecule has 3 aromatic rings. The normalized spacial score (nSPS) is 11.2. The topological polar surface area (TPSA) is 76.1 Å². The summed E-state index contributed by atoms with van der Waals surface area (Å²) in [5, 5.41) is 5.73. The smallest absolute Gasteiger partial charge is 0.239 e. The van der Waals surface area contributed by atoms with Crippen molar-refractivity contribution in [2.75, 3.05) is 11.1 Å². The van der Waals surface area contributed by atoms with Crippen LogP contribution in [0.15, 0.2) is 65.0 Å². The maximum absolute atomic E-state index is 12.3. The van der Waals surface area contributed by atoms with Crippen LogP contribution in [0.4, 0.5) is 5.69 Å². The van der Waals surface area contributed by atoms with Crippen molar-refractivity contribution in [3.8, 4) is 10.6 Å². The molecule has 1 heterocycles. The lowest BCUT2D eigenvalue weighted by Gasteiger charge is -2.08. The first-order valence-electron chi connectivity index (χ1n) is 7.22. The minimum absolute atomic E-state index is 0.0589. The Morgan fingerprint density at radius 1 is 1.16 bits per heavy atom. The highest BCUT2D eigenvalue weighted by molar-refractivity contribution is 7.92. The number of sulfone groups is 1. The molecule has 0 aliphatic rings. The second-order valence-corrected chi connectivity index (χ2v) is 8.50. The summed E-state index contributed by atoms with van der Waals surface area (Å²) in [4.78, 5) is 16.4. The Kier molecular flexibility index (Phi) is 5.17. The van der Waals surface area contributed by atoms with Gasteiger partial charge in [-0.2, -0.15) is 0 Å². The molecule has 128 valence electrons. The second-order valence-electron chi connectivity index (χ2n) is 5.18. The van der Waals surface area contributed by atoms with Gasteiger partial charge in [-0.1, -0.05) is 23.7 Å². The third-order valence-electron chi connectivity index (χ3n) is 3.32. The van der Waals surface area contributed by atoms with Crippen LogP contribution in [0.3, 0.4) is 0 Å². The molecule has 0 saturated heterocycles. The number of rotatable bonds is 5. The van der Waals surface area contributed by atoms with Crippen LogP contribution in [0.1, 0.15) is 0 Å². The van der Waals surface area contributed by atoms with Crippen molar-refractivity contribution < 1.29 is 13.2 Å². The summed E-state index contributed by atoms with van der Waals surface area (Å²) in [5.41, 5.74) is 1.37. The van der Waals surface area contributed by atoms with Gasteiger partial charge >= 0.3 is 0 Å². The number of hydrogen-bond acceptors (Lipinski definition) is 5. The highest BCUT2D eigenvalue weighted by atomic mass is 35.5. The molecule has 8 heteroatoms. The summed E-state index contributed by atoms with van der Waals surface area (Å²) in [7, 11) is -3.73. The average molecular weight is 393 g/mol. The van der Waals surface area contributed by atoms with Gasteiger partial charge in [-0.25, -0.2) is 13.4 Å². The van der Waals surface area contributed by atoms with Gasteiger partial charge in [0.25, 0.3) is 0 Å². The van der Waals surface area contributed by atoms with Crippen molar-refractivity contribution in [1.29, 1.82) is 0 Å². The molecule has 2 aromatic carbocycles. The molecule has 3 rings (SSSR count). The minimum Gasteiger partial charge on any atom is -0.325 e. The lowest BCUT2D eigenvalue weighted by molar-refractivity contribution is -0.113. The molecule has 1 aromatic heterocycles. The van der Waals surface area contributed by atoms with Gasteiger partial charge < -0.3 is 5.32 Å². The fourth-order valence-corrected chi connectivity index (χ4v) is 4.09. The van der Waals surface area contributed by atoms with E-state index >= 15 is 0 Å². The number of hydrogen-bond donors (Lipinski definition) is 1. The lowest BCUT2D eigenvalue weighted by atomic mass is 10.2. The molecule has 0 radical (unpaired) electrons. The van der Waals surface area contributed by atoms with Crippen LogP contribution in [-0.2, 0) is 14.6 Å². The zero-order chi connectivity index (χ0) is 17.9. The number of thiazole rings is 1. The number of benzene rings is 2. The van der Waals surface area contributed by atoms with Gasteiger partial charge in [-0.3, -0.25) is 4.79 Å². The number of aromatic nitrogens is 1. The third-order valence-corrected chi connectivity index (χ3v) is 6.03. The van der Waals surface area contributed by atoms with Crippen LogP contribution in [0.2, 0.25) is 5.02 Å². The monoisotopic (exact) mass is 392 g/mol. The number of amides is 1. The van der Waals surface area contributed by atoms with Gasteiger partial charge in [0.1, 0.15) is 10.8 Å². The Morgan fingerprint density at radius 3 is 2.60 bits per heavy atom. The fraction of sp³-hybridized carbons (Fsp3) is 0.0588. The van der Waals surface area contributed by atoms with E-state index < -0.39 is 21.5 Å². The van der Waals surface area contributed by atoms with Crippen molar-refractivity contribution in [2.24, 2.45) is 0 Å². The highest BCUT2D eigenvalue weighted by Gasteiger charge is 2.19. The number of anilines is 1. The van der Waals surface area contributed by atoms with Crippen LogP contribution in [0, 0.1) is 0 Å². The Balaban J connectivity index is 1.72. The number of halogens is 1. The predicted molar refractivity (Wildman–Crippen MR) is 99.7 cm³/mol. The summed E-state index contributed by atoms with van der Waals surface area (Å²) >= 11 is 7.24. The Morgan fingerprint density at radius 2 is 1.92 bits per heavy atom. The lowest BCUT2D eigenvalue weighted by Crippen LogP contribution is -2.23. The van der Waals surface area contributed by atoms with Crippen molar-refractivity contribution in [3.05, 3.63) is 65.1 Å². The fourth-order valence-electron chi connectivity index (χ4n) is 2.19.